The molecular weight excluding hydrogens is 240 g/mol. The fourth-order valence-corrected chi connectivity index (χ4v) is 1.97. The van der Waals surface area contributed by atoms with Gasteiger partial charge >= 0.3 is 0 Å². The van der Waals surface area contributed by atoms with Crippen LogP contribution in [-0.2, 0) is 6.54 Å². The summed E-state index contributed by atoms with van der Waals surface area (Å²) in [4.78, 5) is 3.16. The fourth-order valence-electron chi connectivity index (χ4n) is 1.97. The Morgan fingerprint density at radius 1 is 1.32 bits per heavy atom. The Morgan fingerprint density at radius 2 is 2.26 bits per heavy atom. The molecule has 2 aromatic heterocycles. The van der Waals surface area contributed by atoms with Crippen molar-refractivity contribution < 1.29 is 0 Å². The Hall–Kier alpha value is -2.63. The minimum atomic E-state index is 0.774. The van der Waals surface area contributed by atoms with Crippen LogP contribution in [0.25, 0.3) is 5.69 Å². The van der Waals surface area contributed by atoms with Crippen LogP contribution >= 0.6 is 0 Å². The van der Waals surface area contributed by atoms with Gasteiger partial charge in [-0.3, -0.25) is 0 Å². The SMILES string of the molecule is Cc1cc(NCc2ccc[nH]2)ccc1-n1cnnn1. The number of tetrazole rings is 1. The quantitative estimate of drug-likeness (QED) is 0.746. The van der Waals surface area contributed by atoms with Gasteiger partial charge in [-0.05, 0) is 53.2 Å². The molecule has 0 bridgehead atoms. The summed E-state index contributed by atoms with van der Waals surface area (Å²) >= 11 is 0. The predicted molar refractivity (Wildman–Crippen MR) is 72.0 cm³/mol. The van der Waals surface area contributed by atoms with Gasteiger partial charge in [0.15, 0.2) is 0 Å². The highest BCUT2D eigenvalue weighted by molar-refractivity contribution is 5.53. The molecule has 6 heteroatoms. The molecule has 2 heterocycles. The molecule has 0 amide bonds. The molecule has 3 rings (SSSR count). The first kappa shape index (κ1) is 11.5. The third kappa shape index (κ3) is 2.47. The van der Waals surface area contributed by atoms with Gasteiger partial charge in [0.1, 0.15) is 6.33 Å². The number of hydrogen-bond acceptors (Lipinski definition) is 4. The molecule has 0 fully saturated rings. The van der Waals surface area contributed by atoms with Gasteiger partial charge in [0, 0.05) is 17.6 Å². The van der Waals surface area contributed by atoms with Crippen molar-refractivity contribution in [3.8, 4) is 5.69 Å². The number of aromatic amines is 1. The lowest BCUT2D eigenvalue weighted by Crippen LogP contribution is -2.02. The molecule has 0 unspecified atom stereocenters. The van der Waals surface area contributed by atoms with Crippen molar-refractivity contribution >= 4 is 5.69 Å². The van der Waals surface area contributed by atoms with Crippen LogP contribution in [0.5, 0.6) is 0 Å². The first-order valence-corrected chi connectivity index (χ1v) is 6.03. The molecular formula is C13H14N6. The molecule has 3 aromatic rings. The van der Waals surface area contributed by atoms with Gasteiger partial charge in [-0.25, -0.2) is 4.68 Å². The Morgan fingerprint density at radius 3 is 2.95 bits per heavy atom. The van der Waals surface area contributed by atoms with E-state index in [2.05, 4.69) is 38.0 Å². The summed E-state index contributed by atoms with van der Waals surface area (Å²) in [6.45, 7) is 2.81. The number of rotatable bonds is 4. The van der Waals surface area contributed by atoms with Crippen molar-refractivity contribution in [2.45, 2.75) is 13.5 Å². The number of benzene rings is 1. The van der Waals surface area contributed by atoms with Crippen LogP contribution in [0.3, 0.4) is 0 Å². The molecule has 0 saturated carbocycles. The molecule has 2 N–H and O–H groups in total. The standard InChI is InChI=1S/C13H14N6/c1-10-7-11(15-8-12-3-2-6-14-12)4-5-13(10)19-9-16-17-18-19/h2-7,9,14-15H,8H2,1H3. The Kier molecular flexibility index (Phi) is 2.97. The van der Waals surface area contributed by atoms with Gasteiger partial charge in [-0.2, -0.15) is 0 Å². The molecule has 0 aliphatic heterocycles. The Bertz CT molecular complexity index is 642. The van der Waals surface area contributed by atoms with E-state index in [1.807, 2.05) is 31.3 Å². The zero-order valence-electron chi connectivity index (χ0n) is 10.5. The van der Waals surface area contributed by atoms with E-state index in [9.17, 15) is 0 Å². The largest absolute Gasteiger partial charge is 0.379 e. The van der Waals surface area contributed by atoms with E-state index in [4.69, 9.17) is 0 Å². The van der Waals surface area contributed by atoms with Crippen LogP contribution in [-0.4, -0.2) is 25.2 Å². The number of aryl methyl sites for hydroxylation is 1. The second-order valence-corrected chi connectivity index (χ2v) is 4.30. The van der Waals surface area contributed by atoms with Crippen molar-refractivity contribution in [2.75, 3.05) is 5.32 Å². The molecule has 19 heavy (non-hydrogen) atoms. The van der Waals surface area contributed by atoms with Crippen molar-refractivity contribution in [1.29, 1.82) is 0 Å². The molecule has 0 atom stereocenters. The van der Waals surface area contributed by atoms with Gasteiger partial charge in [0.2, 0.25) is 0 Å². The van der Waals surface area contributed by atoms with Gasteiger partial charge in [-0.1, -0.05) is 0 Å². The molecule has 6 nitrogen and oxygen atoms in total. The number of hydrogen-bond donors (Lipinski definition) is 2. The topological polar surface area (TPSA) is 71.4 Å². The number of aromatic nitrogens is 5. The van der Waals surface area contributed by atoms with Gasteiger partial charge in [0.25, 0.3) is 0 Å². The van der Waals surface area contributed by atoms with Crippen LogP contribution in [0.2, 0.25) is 0 Å². The normalized spacial score (nSPS) is 10.6. The van der Waals surface area contributed by atoms with Crippen LogP contribution in [0.15, 0.2) is 42.9 Å². The molecule has 0 aliphatic rings. The monoisotopic (exact) mass is 254 g/mol. The van der Waals surface area contributed by atoms with E-state index >= 15 is 0 Å². The molecule has 0 radical (unpaired) electrons. The lowest BCUT2D eigenvalue weighted by Gasteiger charge is -2.09. The lowest BCUT2D eigenvalue weighted by atomic mass is 10.2. The van der Waals surface area contributed by atoms with E-state index in [0.717, 1.165) is 29.2 Å². The third-order valence-corrected chi connectivity index (χ3v) is 2.94. The first-order valence-electron chi connectivity index (χ1n) is 6.03. The van der Waals surface area contributed by atoms with Gasteiger partial charge in [-0.15, -0.1) is 5.10 Å². The van der Waals surface area contributed by atoms with Gasteiger partial charge in [0.05, 0.1) is 12.2 Å². The lowest BCUT2D eigenvalue weighted by molar-refractivity contribution is 0.785. The summed E-state index contributed by atoms with van der Waals surface area (Å²) < 4.78 is 1.66. The highest BCUT2D eigenvalue weighted by Gasteiger charge is 2.03. The maximum Gasteiger partial charge on any atom is 0.143 e. The molecule has 0 saturated heterocycles. The van der Waals surface area contributed by atoms with Crippen LogP contribution in [0, 0.1) is 6.92 Å². The summed E-state index contributed by atoms with van der Waals surface area (Å²) in [5, 5.41) is 14.6. The second kappa shape index (κ2) is 4.93. The van der Waals surface area contributed by atoms with E-state index in [-0.39, 0.29) is 0 Å². The third-order valence-electron chi connectivity index (χ3n) is 2.94. The van der Waals surface area contributed by atoms with Crippen LogP contribution < -0.4 is 5.32 Å². The van der Waals surface area contributed by atoms with E-state index in [1.165, 1.54) is 0 Å². The van der Waals surface area contributed by atoms with Crippen molar-refractivity contribution in [3.05, 3.63) is 54.1 Å². The summed E-state index contributed by atoms with van der Waals surface area (Å²) in [5.41, 5.74) is 4.32. The number of anilines is 1. The minimum Gasteiger partial charge on any atom is -0.379 e. The number of nitrogens with zero attached hydrogens (tertiary/aromatic N) is 4. The molecule has 1 aromatic carbocycles. The molecule has 0 aliphatic carbocycles. The Balaban J connectivity index is 1.76. The maximum atomic E-state index is 3.89. The van der Waals surface area contributed by atoms with Crippen molar-refractivity contribution in [3.63, 3.8) is 0 Å². The highest BCUT2D eigenvalue weighted by atomic mass is 15.5. The number of H-pyrrole nitrogens is 1. The smallest absolute Gasteiger partial charge is 0.143 e. The average Bonchev–Trinajstić information content (AvgIpc) is 3.10. The van der Waals surface area contributed by atoms with Crippen molar-refractivity contribution in [1.82, 2.24) is 25.2 Å². The van der Waals surface area contributed by atoms with E-state index in [0.29, 0.717) is 0 Å². The first-order chi connectivity index (χ1) is 9.33. The molecule has 0 spiro atoms. The average molecular weight is 254 g/mol. The minimum absolute atomic E-state index is 0.774. The summed E-state index contributed by atoms with van der Waals surface area (Å²) in [6.07, 6.45) is 3.51. The Labute approximate surface area is 110 Å². The zero-order chi connectivity index (χ0) is 13.1. The van der Waals surface area contributed by atoms with Crippen LogP contribution in [0.4, 0.5) is 5.69 Å². The van der Waals surface area contributed by atoms with E-state index < -0.39 is 0 Å². The maximum absolute atomic E-state index is 3.89. The number of nitrogens with one attached hydrogen (secondary N) is 2. The molecule has 96 valence electrons. The summed E-state index contributed by atoms with van der Waals surface area (Å²) in [7, 11) is 0. The second-order valence-electron chi connectivity index (χ2n) is 4.30. The summed E-state index contributed by atoms with van der Waals surface area (Å²) in [5.74, 6) is 0. The van der Waals surface area contributed by atoms with E-state index in [1.54, 1.807) is 11.0 Å². The van der Waals surface area contributed by atoms with Gasteiger partial charge < -0.3 is 10.3 Å². The van der Waals surface area contributed by atoms with Crippen molar-refractivity contribution in [2.24, 2.45) is 0 Å². The predicted octanol–water partition coefficient (Wildman–Crippen LogP) is 1.91. The summed E-state index contributed by atoms with van der Waals surface area (Å²) in [6, 6.07) is 10.1. The van der Waals surface area contributed by atoms with Crippen LogP contribution in [0.1, 0.15) is 11.3 Å². The highest BCUT2D eigenvalue weighted by Crippen LogP contribution is 2.18. The zero-order valence-corrected chi connectivity index (χ0v) is 10.5. The fraction of sp³-hybridized carbons (Fsp3) is 0.154.